The van der Waals surface area contributed by atoms with Gasteiger partial charge in [-0.05, 0) is 0 Å². The summed E-state index contributed by atoms with van der Waals surface area (Å²) in [6, 6.07) is 0. The second kappa shape index (κ2) is 4.78. The Morgan fingerprint density at radius 1 is 1.40 bits per heavy atom. The molecule has 0 fully saturated rings. The van der Waals surface area contributed by atoms with Gasteiger partial charge < -0.3 is 15.3 Å². The van der Waals surface area contributed by atoms with Crippen molar-refractivity contribution in [3.8, 4) is 0 Å². The van der Waals surface area contributed by atoms with Gasteiger partial charge in [-0.2, -0.15) is 0 Å². The van der Waals surface area contributed by atoms with Crippen LogP contribution in [0.15, 0.2) is 0 Å². The molecule has 0 aliphatic heterocycles. The number of hydrogen-bond acceptors (Lipinski definition) is 3. The molecule has 0 aliphatic rings. The maximum absolute atomic E-state index is 8.25. The zero-order valence-corrected chi connectivity index (χ0v) is 4.48. The van der Waals surface area contributed by atoms with Gasteiger partial charge in [0.1, 0.15) is 0 Å². The standard InChI is InChI=1S/Eu.NO3/c;2-1(3)4/q+3;-1. The second-order valence-electron chi connectivity index (χ2n) is 0.224. The molecule has 0 atom stereocenters. The summed E-state index contributed by atoms with van der Waals surface area (Å²) < 4.78 is 0. The van der Waals surface area contributed by atoms with Gasteiger partial charge in [0.05, 0.1) is 5.09 Å². The first-order valence-electron chi connectivity index (χ1n) is 0.548. The van der Waals surface area contributed by atoms with Crippen LogP contribution in [0.4, 0.5) is 0 Å². The summed E-state index contributed by atoms with van der Waals surface area (Å²) in [5, 5.41) is 14.8. The summed E-state index contributed by atoms with van der Waals surface area (Å²) in [6.45, 7) is 0. The van der Waals surface area contributed by atoms with Crippen LogP contribution < -0.4 is 0 Å². The third kappa shape index (κ3) is 60.3. The van der Waals surface area contributed by atoms with E-state index < -0.39 is 5.09 Å². The molecule has 0 unspecified atom stereocenters. The van der Waals surface area contributed by atoms with Crippen molar-refractivity contribution in [3.05, 3.63) is 15.3 Å². The largest absolute Gasteiger partial charge is 3.00 e. The quantitative estimate of drug-likeness (QED) is 0.412. The summed E-state index contributed by atoms with van der Waals surface area (Å²) in [5.74, 6) is 0. The monoisotopic (exact) mass is 215 g/mol. The van der Waals surface area contributed by atoms with Crippen LogP contribution >= 0.6 is 0 Å². The van der Waals surface area contributed by atoms with Gasteiger partial charge in [-0.25, -0.2) is 0 Å². The molecule has 0 aromatic rings. The van der Waals surface area contributed by atoms with Crippen LogP contribution in [0.25, 0.3) is 0 Å². The van der Waals surface area contributed by atoms with E-state index in [2.05, 4.69) is 0 Å². The molecular formula is EuNO3+2. The normalized spacial score (nSPS) is 4.80. The van der Waals surface area contributed by atoms with Crippen molar-refractivity contribution >= 4 is 0 Å². The van der Waals surface area contributed by atoms with Crippen LogP contribution in [0.5, 0.6) is 0 Å². The van der Waals surface area contributed by atoms with Gasteiger partial charge in [0, 0.05) is 0 Å². The van der Waals surface area contributed by atoms with Gasteiger partial charge in [0.25, 0.3) is 0 Å². The molecule has 0 saturated heterocycles. The van der Waals surface area contributed by atoms with E-state index in [1.165, 1.54) is 0 Å². The minimum absolute atomic E-state index is 0. The molecule has 0 spiro atoms. The SMILES string of the molecule is O=[N+]([O-])[O-].[Eu+3]. The number of hydrogen-bond donors (Lipinski definition) is 0. The predicted molar refractivity (Wildman–Crippen MR) is 10.4 cm³/mol. The summed E-state index contributed by atoms with van der Waals surface area (Å²) in [4.78, 5) is 8.25. The van der Waals surface area contributed by atoms with Crippen molar-refractivity contribution in [1.82, 2.24) is 0 Å². The Balaban J connectivity index is 0. The molecule has 0 N–H and O–H groups in total. The van der Waals surface area contributed by atoms with E-state index in [9.17, 15) is 0 Å². The summed E-state index contributed by atoms with van der Waals surface area (Å²) >= 11 is 0. The van der Waals surface area contributed by atoms with E-state index >= 15 is 0 Å². The third-order valence-electron chi connectivity index (χ3n) is 0. The van der Waals surface area contributed by atoms with Crippen molar-refractivity contribution in [2.45, 2.75) is 0 Å². The van der Waals surface area contributed by atoms with E-state index in [1.807, 2.05) is 0 Å². The zero-order valence-electron chi connectivity index (χ0n) is 2.05. The molecule has 0 heterocycles. The Kier molecular flexibility index (Phi) is 8.85. The molecule has 0 bridgehead atoms. The molecule has 0 aromatic heterocycles. The number of rotatable bonds is 0. The molecule has 0 aliphatic carbocycles. The average Bonchev–Trinajstić information content (AvgIpc) is 0.811. The predicted octanol–water partition coefficient (Wildman–Crippen LogP) is -0.239. The molecule has 0 amide bonds. The minimum atomic E-state index is -1.75. The van der Waals surface area contributed by atoms with Gasteiger partial charge in [0.2, 0.25) is 0 Å². The van der Waals surface area contributed by atoms with Crippen LogP contribution in [0.1, 0.15) is 0 Å². The smallest absolute Gasteiger partial charge is 0.356 e. The molecule has 5 heavy (non-hydrogen) atoms. The fraction of sp³-hybridized carbons (Fsp3) is 0. The van der Waals surface area contributed by atoms with E-state index in [-0.39, 0.29) is 49.4 Å². The van der Waals surface area contributed by atoms with Crippen molar-refractivity contribution in [2.24, 2.45) is 0 Å². The Morgan fingerprint density at radius 2 is 1.40 bits per heavy atom. The molecule has 0 rings (SSSR count). The van der Waals surface area contributed by atoms with Crippen LogP contribution in [0.2, 0.25) is 0 Å². The first-order valence-corrected chi connectivity index (χ1v) is 0.548. The Hall–Kier alpha value is 0.784. The fourth-order valence-electron chi connectivity index (χ4n) is 0. The maximum Gasteiger partial charge on any atom is 3.00 e. The summed E-state index contributed by atoms with van der Waals surface area (Å²) in [7, 11) is 0. The minimum Gasteiger partial charge on any atom is -0.356 e. The van der Waals surface area contributed by atoms with Crippen molar-refractivity contribution in [1.29, 1.82) is 0 Å². The van der Waals surface area contributed by atoms with Gasteiger partial charge in [0.15, 0.2) is 0 Å². The molecule has 4 nitrogen and oxygen atoms in total. The molecule has 5 heteroatoms. The van der Waals surface area contributed by atoms with Crippen molar-refractivity contribution < 1.29 is 54.5 Å². The third-order valence-corrected chi connectivity index (χ3v) is 0. The van der Waals surface area contributed by atoms with E-state index in [0.717, 1.165) is 0 Å². The molecule has 0 radical (unpaired) electrons. The first kappa shape index (κ1) is 9.25. The van der Waals surface area contributed by atoms with E-state index in [0.29, 0.717) is 0 Å². The van der Waals surface area contributed by atoms with Gasteiger partial charge in [-0.1, -0.05) is 0 Å². The average molecular weight is 214 g/mol. The number of nitrogens with zero attached hydrogens (tertiary/aromatic N) is 1. The molecule has 0 aromatic carbocycles. The fourth-order valence-corrected chi connectivity index (χ4v) is 0. The molecular weight excluding hydrogens is 214 g/mol. The van der Waals surface area contributed by atoms with Crippen LogP contribution in [0, 0.1) is 64.7 Å². The first-order chi connectivity index (χ1) is 1.73. The van der Waals surface area contributed by atoms with Gasteiger partial charge in [-0.15, -0.1) is 0 Å². The zero-order chi connectivity index (χ0) is 3.58. The van der Waals surface area contributed by atoms with E-state index in [1.54, 1.807) is 0 Å². The molecule has 0 saturated carbocycles. The summed E-state index contributed by atoms with van der Waals surface area (Å²) in [5.41, 5.74) is 0. The van der Waals surface area contributed by atoms with Crippen LogP contribution in [-0.2, 0) is 0 Å². The molecule has 28 valence electrons. The van der Waals surface area contributed by atoms with Crippen LogP contribution in [0.3, 0.4) is 0 Å². The van der Waals surface area contributed by atoms with Crippen molar-refractivity contribution in [2.75, 3.05) is 0 Å². The van der Waals surface area contributed by atoms with Gasteiger partial charge in [-0.3, -0.25) is 0 Å². The maximum atomic E-state index is 8.25. The topological polar surface area (TPSA) is 66.2 Å². The van der Waals surface area contributed by atoms with E-state index in [4.69, 9.17) is 15.3 Å². The second-order valence-corrected chi connectivity index (χ2v) is 0.224. The Labute approximate surface area is 68.8 Å². The summed E-state index contributed by atoms with van der Waals surface area (Å²) in [6.07, 6.45) is 0. The van der Waals surface area contributed by atoms with Gasteiger partial charge >= 0.3 is 49.4 Å². The Bertz CT molecular complexity index is 29.9. The Morgan fingerprint density at radius 3 is 1.40 bits per heavy atom. The van der Waals surface area contributed by atoms with Crippen molar-refractivity contribution in [3.63, 3.8) is 0 Å². The van der Waals surface area contributed by atoms with Crippen LogP contribution in [-0.4, -0.2) is 5.09 Å².